The molecule has 0 radical (unpaired) electrons. The molecule has 2 aromatic carbocycles. The first-order valence-corrected chi connectivity index (χ1v) is 6.51. The number of ether oxygens (including phenoxy) is 1. The Bertz CT molecular complexity index is 669. The van der Waals surface area contributed by atoms with Gasteiger partial charge in [0.05, 0.1) is 12.7 Å². The van der Waals surface area contributed by atoms with Crippen molar-refractivity contribution in [3.63, 3.8) is 0 Å². The van der Waals surface area contributed by atoms with E-state index in [4.69, 9.17) is 10.5 Å². The van der Waals surface area contributed by atoms with Crippen LogP contribution in [0.25, 0.3) is 0 Å². The summed E-state index contributed by atoms with van der Waals surface area (Å²) in [5, 5.41) is 12.5. The third-order valence-electron chi connectivity index (χ3n) is 3.14. The smallest absolute Gasteiger partial charge is 0.255 e. The van der Waals surface area contributed by atoms with Crippen molar-refractivity contribution >= 4 is 11.6 Å². The van der Waals surface area contributed by atoms with Gasteiger partial charge in [0.15, 0.2) is 0 Å². The summed E-state index contributed by atoms with van der Waals surface area (Å²) in [6.45, 7) is 2.09. The molecule has 5 heteroatoms. The average Bonchev–Trinajstić information content (AvgIpc) is 2.47. The molecule has 0 aliphatic carbocycles. The molecule has 0 aliphatic rings. The number of amides is 1. The van der Waals surface area contributed by atoms with Crippen LogP contribution >= 0.6 is 0 Å². The Morgan fingerprint density at radius 2 is 2.05 bits per heavy atom. The van der Waals surface area contributed by atoms with Gasteiger partial charge >= 0.3 is 0 Å². The standard InChI is InChI=1S/C16H18N2O3/c1-10-3-6-15(21-2)13(7-10)16(20)18-9-11-8-12(17)4-5-14(11)19/h3-8,19H,9,17H2,1-2H3,(H,18,20). The van der Waals surface area contributed by atoms with Gasteiger partial charge in [-0.3, -0.25) is 4.79 Å². The molecule has 2 rings (SSSR count). The zero-order valence-electron chi connectivity index (χ0n) is 12.0. The minimum absolute atomic E-state index is 0.0979. The number of hydrogen-bond acceptors (Lipinski definition) is 4. The Balaban J connectivity index is 2.15. The molecular weight excluding hydrogens is 268 g/mol. The normalized spacial score (nSPS) is 10.2. The van der Waals surface area contributed by atoms with E-state index in [1.165, 1.54) is 13.2 Å². The zero-order chi connectivity index (χ0) is 15.4. The lowest BCUT2D eigenvalue weighted by Crippen LogP contribution is -2.23. The summed E-state index contributed by atoms with van der Waals surface area (Å²) in [5.41, 5.74) is 8.19. The summed E-state index contributed by atoms with van der Waals surface area (Å²) in [5.74, 6) is 0.341. The molecule has 0 saturated carbocycles. The number of nitrogen functional groups attached to an aromatic ring is 1. The molecule has 0 aliphatic heterocycles. The lowest BCUT2D eigenvalue weighted by molar-refractivity contribution is 0.0947. The summed E-state index contributed by atoms with van der Waals surface area (Å²) in [4.78, 5) is 12.2. The molecule has 0 fully saturated rings. The van der Waals surface area contributed by atoms with Crippen LogP contribution in [0.3, 0.4) is 0 Å². The van der Waals surface area contributed by atoms with Gasteiger partial charge in [-0.15, -0.1) is 0 Å². The molecule has 0 bridgehead atoms. The van der Waals surface area contributed by atoms with Crippen LogP contribution in [0.2, 0.25) is 0 Å². The molecule has 0 saturated heterocycles. The van der Waals surface area contributed by atoms with Gasteiger partial charge in [-0.25, -0.2) is 0 Å². The Morgan fingerprint density at radius 3 is 2.76 bits per heavy atom. The Morgan fingerprint density at radius 1 is 1.29 bits per heavy atom. The first kappa shape index (κ1) is 14.7. The van der Waals surface area contributed by atoms with Gasteiger partial charge in [0, 0.05) is 17.8 Å². The van der Waals surface area contributed by atoms with Crippen molar-refractivity contribution in [2.75, 3.05) is 12.8 Å². The van der Waals surface area contributed by atoms with E-state index >= 15 is 0 Å². The maximum Gasteiger partial charge on any atom is 0.255 e. The number of hydrogen-bond donors (Lipinski definition) is 3. The van der Waals surface area contributed by atoms with E-state index in [2.05, 4.69) is 5.32 Å². The number of carbonyl (C=O) groups excluding carboxylic acids is 1. The van der Waals surface area contributed by atoms with E-state index < -0.39 is 0 Å². The van der Waals surface area contributed by atoms with Gasteiger partial charge in [-0.1, -0.05) is 11.6 Å². The van der Waals surface area contributed by atoms with Crippen LogP contribution in [0.15, 0.2) is 36.4 Å². The van der Waals surface area contributed by atoms with Crippen LogP contribution in [0.1, 0.15) is 21.5 Å². The number of aryl methyl sites for hydroxylation is 1. The van der Waals surface area contributed by atoms with Gasteiger partial charge in [0.2, 0.25) is 0 Å². The van der Waals surface area contributed by atoms with Crippen molar-refractivity contribution in [1.82, 2.24) is 5.32 Å². The Hall–Kier alpha value is -2.69. The number of rotatable bonds is 4. The first-order chi connectivity index (χ1) is 10.0. The molecule has 0 atom stereocenters. The highest BCUT2D eigenvalue weighted by atomic mass is 16.5. The highest BCUT2D eigenvalue weighted by Crippen LogP contribution is 2.21. The molecule has 0 aromatic heterocycles. The Kier molecular flexibility index (Phi) is 4.33. The summed E-state index contributed by atoms with van der Waals surface area (Å²) in [6.07, 6.45) is 0. The molecule has 4 N–H and O–H groups in total. The van der Waals surface area contributed by atoms with E-state index in [0.717, 1.165) is 5.56 Å². The number of benzene rings is 2. The second kappa shape index (κ2) is 6.17. The SMILES string of the molecule is COc1ccc(C)cc1C(=O)NCc1cc(N)ccc1O. The summed E-state index contributed by atoms with van der Waals surface area (Å²) < 4.78 is 5.19. The van der Waals surface area contributed by atoms with E-state index in [9.17, 15) is 9.90 Å². The largest absolute Gasteiger partial charge is 0.508 e. The van der Waals surface area contributed by atoms with Crippen molar-refractivity contribution < 1.29 is 14.6 Å². The van der Waals surface area contributed by atoms with E-state index in [1.54, 1.807) is 24.3 Å². The maximum atomic E-state index is 12.2. The number of nitrogens with one attached hydrogen (secondary N) is 1. The minimum atomic E-state index is -0.266. The third kappa shape index (κ3) is 3.45. The second-order valence-corrected chi connectivity index (χ2v) is 4.77. The summed E-state index contributed by atoms with van der Waals surface area (Å²) in [6, 6.07) is 10.1. The van der Waals surface area contributed by atoms with Gasteiger partial charge in [-0.05, 0) is 37.3 Å². The zero-order valence-corrected chi connectivity index (χ0v) is 12.0. The van der Waals surface area contributed by atoms with Crippen molar-refractivity contribution in [2.24, 2.45) is 0 Å². The lowest BCUT2D eigenvalue weighted by Gasteiger charge is -2.11. The second-order valence-electron chi connectivity index (χ2n) is 4.77. The molecule has 5 nitrogen and oxygen atoms in total. The van der Waals surface area contributed by atoms with Crippen molar-refractivity contribution in [2.45, 2.75) is 13.5 Å². The summed E-state index contributed by atoms with van der Waals surface area (Å²) in [7, 11) is 1.52. The van der Waals surface area contributed by atoms with Crippen molar-refractivity contribution in [1.29, 1.82) is 0 Å². The average molecular weight is 286 g/mol. The van der Waals surface area contributed by atoms with E-state index in [1.807, 2.05) is 13.0 Å². The number of phenolic OH excluding ortho intramolecular Hbond substituents is 1. The molecule has 0 unspecified atom stereocenters. The number of aromatic hydroxyl groups is 1. The van der Waals surface area contributed by atoms with Crippen LogP contribution in [0.5, 0.6) is 11.5 Å². The fourth-order valence-corrected chi connectivity index (χ4v) is 2.02. The number of methoxy groups -OCH3 is 1. The van der Waals surface area contributed by atoms with Crippen LogP contribution in [0.4, 0.5) is 5.69 Å². The van der Waals surface area contributed by atoms with Crippen molar-refractivity contribution in [3.8, 4) is 11.5 Å². The fourth-order valence-electron chi connectivity index (χ4n) is 2.02. The van der Waals surface area contributed by atoms with Gasteiger partial charge in [0.25, 0.3) is 5.91 Å². The van der Waals surface area contributed by atoms with E-state index in [-0.39, 0.29) is 18.2 Å². The van der Waals surface area contributed by atoms with Gasteiger partial charge < -0.3 is 20.9 Å². The fraction of sp³-hybridized carbons (Fsp3) is 0.188. The summed E-state index contributed by atoms with van der Waals surface area (Å²) >= 11 is 0. The van der Waals surface area contributed by atoms with Gasteiger partial charge in [-0.2, -0.15) is 0 Å². The molecule has 0 spiro atoms. The first-order valence-electron chi connectivity index (χ1n) is 6.51. The molecular formula is C16H18N2O3. The minimum Gasteiger partial charge on any atom is -0.508 e. The quantitative estimate of drug-likeness (QED) is 0.594. The van der Waals surface area contributed by atoms with Crippen LogP contribution in [-0.4, -0.2) is 18.1 Å². The van der Waals surface area contributed by atoms with Crippen molar-refractivity contribution in [3.05, 3.63) is 53.1 Å². The molecule has 21 heavy (non-hydrogen) atoms. The topological polar surface area (TPSA) is 84.6 Å². The number of anilines is 1. The predicted molar refractivity (Wildman–Crippen MR) is 81.4 cm³/mol. The monoisotopic (exact) mass is 286 g/mol. The molecule has 2 aromatic rings. The molecule has 1 amide bonds. The maximum absolute atomic E-state index is 12.2. The highest BCUT2D eigenvalue weighted by molar-refractivity contribution is 5.97. The van der Waals surface area contributed by atoms with Crippen LogP contribution < -0.4 is 15.8 Å². The molecule has 110 valence electrons. The molecule has 0 heterocycles. The Labute approximate surface area is 123 Å². The number of phenols is 1. The van der Waals surface area contributed by atoms with Crippen LogP contribution in [0, 0.1) is 6.92 Å². The van der Waals surface area contributed by atoms with Gasteiger partial charge in [0.1, 0.15) is 11.5 Å². The third-order valence-corrected chi connectivity index (χ3v) is 3.14. The lowest BCUT2D eigenvalue weighted by atomic mass is 10.1. The predicted octanol–water partition coefficient (Wildman–Crippen LogP) is 2.22. The number of carbonyl (C=O) groups is 1. The highest BCUT2D eigenvalue weighted by Gasteiger charge is 2.13. The van der Waals surface area contributed by atoms with E-state index in [0.29, 0.717) is 22.6 Å². The van der Waals surface area contributed by atoms with Crippen LogP contribution in [-0.2, 0) is 6.54 Å². The number of nitrogens with two attached hydrogens (primary N) is 1.